The molecule has 0 radical (unpaired) electrons. The van der Waals surface area contributed by atoms with Gasteiger partial charge < -0.3 is 9.64 Å². The molecule has 0 saturated heterocycles. The number of methoxy groups -OCH3 is 1. The molecule has 3 heteroatoms. The van der Waals surface area contributed by atoms with E-state index < -0.39 is 0 Å². The first-order valence-corrected chi connectivity index (χ1v) is 8.17. The van der Waals surface area contributed by atoms with Gasteiger partial charge in [0.15, 0.2) is 5.78 Å². The number of ether oxygens (including phenoxy) is 1. The van der Waals surface area contributed by atoms with Crippen LogP contribution in [0.3, 0.4) is 0 Å². The van der Waals surface area contributed by atoms with Gasteiger partial charge >= 0.3 is 0 Å². The largest absolute Gasteiger partial charge is 0.381 e. The van der Waals surface area contributed by atoms with E-state index in [1.165, 1.54) is 5.57 Å². The van der Waals surface area contributed by atoms with Crippen molar-refractivity contribution in [2.45, 2.75) is 38.7 Å². The van der Waals surface area contributed by atoms with E-state index in [4.69, 9.17) is 4.74 Å². The number of hydrogen-bond acceptors (Lipinski definition) is 3. The number of hydrogen-bond donors (Lipinski definition) is 0. The molecule has 3 rings (SSSR count). The molecule has 0 amide bonds. The van der Waals surface area contributed by atoms with Gasteiger partial charge in [0.25, 0.3) is 0 Å². The Bertz CT molecular complexity index is 482. The molecule has 3 nitrogen and oxygen atoms in total. The zero-order valence-electron chi connectivity index (χ0n) is 13.5. The highest BCUT2D eigenvalue weighted by Gasteiger charge is 2.58. The zero-order chi connectivity index (χ0) is 15.0. The fourth-order valence-corrected chi connectivity index (χ4v) is 4.83. The maximum absolute atomic E-state index is 13.0. The van der Waals surface area contributed by atoms with Crippen molar-refractivity contribution in [2.24, 2.45) is 17.3 Å². The van der Waals surface area contributed by atoms with Crippen molar-refractivity contribution in [3.05, 3.63) is 23.8 Å². The second-order valence-corrected chi connectivity index (χ2v) is 7.13. The molecular formula is C18H27NO2. The molecule has 4 unspecified atom stereocenters. The minimum atomic E-state index is -0.206. The molecule has 21 heavy (non-hydrogen) atoms. The SMILES string of the molecule is COC1CC2CC(C)=CC(=O)C23CCCN(C)C/C=C/C13. The van der Waals surface area contributed by atoms with Crippen molar-refractivity contribution in [2.75, 3.05) is 27.2 Å². The highest BCUT2D eigenvalue weighted by atomic mass is 16.5. The third kappa shape index (κ3) is 2.40. The molecule has 0 aromatic heterocycles. The highest BCUT2D eigenvalue weighted by molar-refractivity contribution is 5.97. The van der Waals surface area contributed by atoms with Crippen LogP contribution >= 0.6 is 0 Å². The molecular weight excluding hydrogens is 262 g/mol. The molecule has 2 aliphatic carbocycles. The topological polar surface area (TPSA) is 29.5 Å². The Labute approximate surface area is 128 Å². The van der Waals surface area contributed by atoms with E-state index in [1.54, 1.807) is 7.11 Å². The molecule has 3 aliphatic rings. The van der Waals surface area contributed by atoms with E-state index in [0.29, 0.717) is 11.7 Å². The number of ketones is 1. The molecule has 1 aliphatic heterocycles. The van der Waals surface area contributed by atoms with Gasteiger partial charge in [-0.3, -0.25) is 4.79 Å². The number of rotatable bonds is 1. The molecule has 1 heterocycles. The molecule has 4 atom stereocenters. The van der Waals surface area contributed by atoms with Gasteiger partial charge in [-0.15, -0.1) is 0 Å². The Morgan fingerprint density at radius 3 is 3.00 bits per heavy atom. The van der Waals surface area contributed by atoms with E-state index in [0.717, 1.165) is 38.8 Å². The lowest BCUT2D eigenvalue weighted by Gasteiger charge is -2.40. The molecule has 1 fully saturated rings. The van der Waals surface area contributed by atoms with Crippen LogP contribution in [0.5, 0.6) is 0 Å². The van der Waals surface area contributed by atoms with Gasteiger partial charge in [0, 0.05) is 25.0 Å². The Kier molecular flexibility index (Phi) is 4.06. The third-order valence-corrected chi connectivity index (χ3v) is 5.84. The quantitative estimate of drug-likeness (QED) is 0.695. The van der Waals surface area contributed by atoms with Gasteiger partial charge in [-0.25, -0.2) is 0 Å². The lowest BCUT2D eigenvalue weighted by Crippen LogP contribution is -2.43. The first-order chi connectivity index (χ1) is 10.1. The lowest BCUT2D eigenvalue weighted by atomic mass is 9.61. The third-order valence-electron chi connectivity index (χ3n) is 5.84. The number of carbonyl (C=O) groups is 1. The summed E-state index contributed by atoms with van der Waals surface area (Å²) in [6.45, 7) is 4.13. The summed E-state index contributed by atoms with van der Waals surface area (Å²) in [6, 6.07) is 0. The molecule has 0 N–H and O–H groups in total. The van der Waals surface area contributed by atoms with Crippen LogP contribution in [0.25, 0.3) is 0 Å². The van der Waals surface area contributed by atoms with Crippen LogP contribution in [-0.2, 0) is 9.53 Å². The van der Waals surface area contributed by atoms with Gasteiger partial charge in [0.05, 0.1) is 6.10 Å². The highest BCUT2D eigenvalue weighted by Crippen LogP contribution is 2.57. The first-order valence-electron chi connectivity index (χ1n) is 8.17. The zero-order valence-corrected chi connectivity index (χ0v) is 13.5. The summed E-state index contributed by atoms with van der Waals surface area (Å²) in [5, 5.41) is 0. The average Bonchev–Trinajstić information content (AvgIpc) is 2.76. The van der Waals surface area contributed by atoms with Crippen LogP contribution in [0.2, 0.25) is 0 Å². The standard InChI is InChI=1S/C18H27NO2/c1-13-10-14-12-16(21-3)15-6-4-8-19(2)9-5-7-18(14,15)17(20)11-13/h4,6,11,14-16H,5,7-10,12H2,1-3H3/b6-4+. The fourth-order valence-electron chi connectivity index (χ4n) is 4.83. The normalized spacial score (nSPS) is 42.3. The van der Waals surface area contributed by atoms with Gasteiger partial charge in [-0.05, 0) is 58.2 Å². The van der Waals surface area contributed by atoms with Gasteiger partial charge in [0.1, 0.15) is 0 Å². The molecule has 1 saturated carbocycles. The summed E-state index contributed by atoms with van der Waals surface area (Å²) >= 11 is 0. The molecule has 116 valence electrons. The molecule has 0 aromatic carbocycles. The second-order valence-electron chi connectivity index (χ2n) is 7.13. The summed E-state index contributed by atoms with van der Waals surface area (Å²) in [7, 11) is 3.95. The minimum Gasteiger partial charge on any atom is -0.381 e. The Balaban J connectivity index is 2.02. The number of allylic oxidation sites excluding steroid dienone is 2. The predicted octanol–water partition coefficient (Wildman–Crippen LogP) is 2.82. The van der Waals surface area contributed by atoms with Crippen molar-refractivity contribution in [3.8, 4) is 0 Å². The van der Waals surface area contributed by atoms with Crippen molar-refractivity contribution in [3.63, 3.8) is 0 Å². The number of nitrogens with zero attached hydrogens (tertiary/aromatic N) is 1. The van der Waals surface area contributed by atoms with Crippen molar-refractivity contribution >= 4 is 5.78 Å². The van der Waals surface area contributed by atoms with Gasteiger partial charge in [-0.2, -0.15) is 0 Å². The summed E-state index contributed by atoms with van der Waals surface area (Å²) in [5.41, 5.74) is 1.04. The Morgan fingerprint density at radius 1 is 1.43 bits per heavy atom. The van der Waals surface area contributed by atoms with Crippen LogP contribution in [0.1, 0.15) is 32.6 Å². The minimum absolute atomic E-state index is 0.193. The first kappa shape index (κ1) is 15.0. The van der Waals surface area contributed by atoms with Gasteiger partial charge in [0.2, 0.25) is 0 Å². The van der Waals surface area contributed by atoms with E-state index in [1.807, 2.05) is 6.08 Å². The van der Waals surface area contributed by atoms with E-state index >= 15 is 0 Å². The van der Waals surface area contributed by atoms with Gasteiger partial charge in [-0.1, -0.05) is 17.7 Å². The average molecular weight is 289 g/mol. The monoisotopic (exact) mass is 289 g/mol. The van der Waals surface area contributed by atoms with Crippen molar-refractivity contribution in [1.29, 1.82) is 0 Å². The van der Waals surface area contributed by atoms with E-state index in [2.05, 4.69) is 31.0 Å². The van der Waals surface area contributed by atoms with E-state index in [-0.39, 0.29) is 17.4 Å². The number of carbonyl (C=O) groups excluding carboxylic acids is 1. The van der Waals surface area contributed by atoms with Crippen molar-refractivity contribution in [1.82, 2.24) is 4.90 Å². The summed E-state index contributed by atoms with van der Waals surface area (Å²) in [4.78, 5) is 15.3. The molecule has 1 spiro atoms. The predicted molar refractivity (Wildman–Crippen MR) is 84.1 cm³/mol. The Hall–Kier alpha value is -0.930. The maximum Gasteiger partial charge on any atom is 0.162 e. The number of likely N-dealkylation sites (N-methyl/N-ethyl adjacent to an activating group) is 1. The smallest absolute Gasteiger partial charge is 0.162 e. The Morgan fingerprint density at radius 2 is 2.24 bits per heavy atom. The summed E-state index contributed by atoms with van der Waals surface area (Å²) in [6.07, 6.45) is 10.8. The lowest BCUT2D eigenvalue weighted by molar-refractivity contribution is -0.130. The van der Waals surface area contributed by atoms with Crippen LogP contribution in [0.15, 0.2) is 23.8 Å². The van der Waals surface area contributed by atoms with Crippen LogP contribution < -0.4 is 0 Å². The van der Waals surface area contributed by atoms with Crippen LogP contribution in [0.4, 0.5) is 0 Å². The van der Waals surface area contributed by atoms with Crippen LogP contribution in [-0.4, -0.2) is 44.0 Å². The summed E-state index contributed by atoms with van der Waals surface area (Å²) < 4.78 is 5.77. The molecule has 0 bridgehead atoms. The van der Waals surface area contributed by atoms with Crippen LogP contribution in [0, 0.1) is 17.3 Å². The molecule has 0 aromatic rings. The second kappa shape index (κ2) is 5.69. The fraction of sp³-hybridized carbons (Fsp3) is 0.722. The summed E-state index contributed by atoms with van der Waals surface area (Å²) in [5.74, 6) is 1.06. The maximum atomic E-state index is 13.0. The van der Waals surface area contributed by atoms with Crippen molar-refractivity contribution < 1.29 is 9.53 Å². The van der Waals surface area contributed by atoms with E-state index in [9.17, 15) is 4.79 Å².